The summed E-state index contributed by atoms with van der Waals surface area (Å²) in [5.41, 5.74) is 1.96. The van der Waals surface area contributed by atoms with Gasteiger partial charge in [0.1, 0.15) is 22.6 Å². The maximum atomic E-state index is 13.5. The molecule has 0 radical (unpaired) electrons. The van der Waals surface area contributed by atoms with E-state index in [1.807, 2.05) is 6.26 Å². The van der Waals surface area contributed by atoms with Gasteiger partial charge in [0, 0.05) is 32.2 Å². The predicted molar refractivity (Wildman–Crippen MR) is 117 cm³/mol. The topological polar surface area (TPSA) is 32.3 Å². The van der Waals surface area contributed by atoms with Crippen LogP contribution in [0.25, 0.3) is 0 Å². The Bertz CT molecular complexity index is 948. The average Bonchev–Trinajstić information content (AvgIpc) is 2.76. The SMILES string of the molecule is CSc1nc(Cl)cc(N2CCN(C(c3ccc(F)cc3)c3ccc(F)cc3)CC2)n1. The molecule has 2 aromatic carbocycles. The van der Waals surface area contributed by atoms with Crippen LogP contribution in [0.1, 0.15) is 17.2 Å². The number of nitrogens with zero attached hydrogens (tertiary/aromatic N) is 4. The van der Waals surface area contributed by atoms with Crippen molar-refractivity contribution in [3.05, 3.63) is 82.5 Å². The van der Waals surface area contributed by atoms with Crippen molar-refractivity contribution in [2.24, 2.45) is 0 Å². The molecule has 1 saturated heterocycles. The molecule has 30 heavy (non-hydrogen) atoms. The van der Waals surface area contributed by atoms with Crippen LogP contribution in [0.5, 0.6) is 0 Å². The number of hydrogen-bond acceptors (Lipinski definition) is 5. The summed E-state index contributed by atoms with van der Waals surface area (Å²) >= 11 is 7.61. The Labute approximate surface area is 183 Å². The highest BCUT2D eigenvalue weighted by Gasteiger charge is 2.27. The molecule has 0 aliphatic carbocycles. The highest BCUT2D eigenvalue weighted by Crippen LogP contribution is 2.31. The zero-order chi connectivity index (χ0) is 21.1. The summed E-state index contributed by atoms with van der Waals surface area (Å²) < 4.78 is 27.0. The summed E-state index contributed by atoms with van der Waals surface area (Å²) in [6.07, 6.45) is 1.92. The average molecular weight is 447 g/mol. The zero-order valence-corrected chi connectivity index (χ0v) is 18.0. The van der Waals surface area contributed by atoms with Crippen LogP contribution in [-0.2, 0) is 0 Å². The van der Waals surface area contributed by atoms with Crippen LogP contribution < -0.4 is 4.90 Å². The number of anilines is 1. The van der Waals surface area contributed by atoms with E-state index in [1.165, 1.54) is 36.0 Å². The first-order valence-corrected chi connectivity index (χ1v) is 11.2. The first-order valence-electron chi connectivity index (χ1n) is 9.62. The molecule has 1 aromatic heterocycles. The van der Waals surface area contributed by atoms with Gasteiger partial charge in [-0.15, -0.1) is 0 Å². The van der Waals surface area contributed by atoms with Gasteiger partial charge in [0.05, 0.1) is 6.04 Å². The lowest BCUT2D eigenvalue weighted by atomic mass is 9.96. The fraction of sp³-hybridized carbons (Fsp3) is 0.273. The molecule has 156 valence electrons. The Morgan fingerprint density at radius 3 is 1.90 bits per heavy atom. The lowest BCUT2D eigenvalue weighted by Gasteiger charge is -2.40. The van der Waals surface area contributed by atoms with Gasteiger partial charge >= 0.3 is 0 Å². The van der Waals surface area contributed by atoms with Crippen molar-refractivity contribution in [1.29, 1.82) is 0 Å². The van der Waals surface area contributed by atoms with Crippen LogP contribution in [0, 0.1) is 11.6 Å². The monoisotopic (exact) mass is 446 g/mol. The number of halogens is 3. The summed E-state index contributed by atoms with van der Waals surface area (Å²) in [6.45, 7) is 3.07. The maximum absolute atomic E-state index is 13.5. The van der Waals surface area contributed by atoms with Gasteiger partial charge in [-0.1, -0.05) is 47.6 Å². The first kappa shape index (κ1) is 21.0. The summed E-state index contributed by atoms with van der Waals surface area (Å²) in [6, 6.07) is 14.8. The Kier molecular flexibility index (Phi) is 6.51. The summed E-state index contributed by atoms with van der Waals surface area (Å²) in [4.78, 5) is 13.3. The lowest BCUT2D eigenvalue weighted by Crippen LogP contribution is -2.48. The number of rotatable bonds is 5. The van der Waals surface area contributed by atoms with Crippen LogP contribution in [-0.4, -0.2) is 47.3 Å². The molecule has 3 aromatic rings. The molecule has 8 heteroatoms. The van der Waals surface area contributed by atoms with Gasteiger partial charge in [-0.25, -0.2) is 18.7 Å². The molecule has 0 unspecified atom stereocenters. The Morgan fingerprint density at radius 1 is 0.867 bits per heavy atom. The number of benzene rings is 2. The molecule has 0 saturated carbocycles. The second kappa shape index (κ2) is 9.29. The number of thioether (sulfide) groups is 1. The Morgan fingerprint density at radius 2 is 1.40 bits per heavy atom. The normalized spacial score (nSPS) is 15.0. The van der Waals surface area contributed by atoms with Crippen molar-refractivity contribution in [3.8, 4) is 0 Å². The Balaban J connectivity index is 1.57. The third-order valence-corrected chi connectivity index (χ3v) is 5.96. The van der Waals surface area contributed by atoms with Crippen LogP contribution in [0.15, 0.2) is 59.8 Å². The van der Waals surface area contributed by atoms with Crippen molar-refractivity contribution in [2.75, 3.05) is 37.3 Å². The maximum Gasteiger partial charge on any atom is 0.190 e. The first-order chi connectivity index (χ1) is 14.5. The molecule has 0 atom stereocenters. The largest absolute Gasteiger partial charge is 0.354 e. The van der Waals surface area contributed by atoms with E-state index in [0.29, 0.717) is 10.3 Å². The Hall–Kier alpha value is -2.22. The van der Waals surface area contributed by atoms with E-state index in [2.05, 4.69) is 19.8 Å². The molecule has 1 aliphatic rings. The summed E-state index contributed by atoms with van der Waals surface area (Å²) in [7, 11) is 0. The number of aromatic nitrogens is 2. The molecule has 4 nitrogen and oxygen atoms in total. The van der Waals surface area contributed by atoms with Crippen molar-refractivity contribution >= 4 is 29.2 Å². The molecular formula is C22H21ClF2N4S. The third kappa shape index (κ3) is 4.74. The van der Waals surface area contributed by atoms with E-state index >= 15 is 0 Å². The summed E-state index contributed by atoms with van der Waals surface area (Å²) in [5, 5.41) is 1.08. The van der Waals surface area contributed by atoms with Gasteiger partial charge in [0.15, 0.2) is 5.16 Å². The van der Waals surface area contributed by atoms with E-state index in [1.54, 1.807) is 30.3 Å². The molecule has 4 rings (SSSR count). The number of hydrogen-bond donors (Lipinski definition) is 0. The van der Waals surface area contributed by atoms with E-state index in [4.69, 9.17) is 11.6 Å². The van der Waals surface area contributed by atoms with Crippen LogP contribution in [0.4, 0.5) is 14.6 Å². The number of piperazine rings is 1. The highest BCUT2D eigenvalue weighted by molar-refractivity contribution is 7.98. The highest BCUT2D eigenvalue weighted by atomic mass is 35.5. The van der Waals surface area contributed by atoms with Gasteiger partial charge in [-0.3, -0.25) is 4.90 Å². The van der Waals surface area contributed by atoms with Crippen molar-refractivity contribution in [3.63, 3.8) is 0 Å². The molecule has 1 aliphatic heterocycles. The predicted octanol–water partition coefficient (Wildman–Crippen LogP) is 5.04. The quantitative estimate of drug-likeness (QED) is 0.311. The molecule has 0 N–H and O–H groups in total. The van der Waals surface area contributed by atoms with E-state index in [-0.39, 0.29) is 17.7 Å². The molecule has 2 heterocycles. The van der Waals surface area contributed by atoms with Gasteiger partial charge in [-0.05, 0) is 41.6 Å². The minimum Gasteiger partial charge on any atom is -0.354 e. The fourth-order valence-electron chi connectivity index (χ4n) is 3.75. The molecule has 0 spiro atoms. The van der Waals surface area contributed by atoms with Gasteiger partial charge in [0.25, 0.3) is 0 Å². The second-order valence-electron chi connectivity index (χ2n) is 7.06. The van der Waals surface area contributed by atoms with Crippen molar-refractivity contribution in [1.82, 2.24) is 14.9 Å². The molecule has 1 fully saturated rings. The second-order valence-corrected chi connectivity index (χ2v) is 8.22. The minimum absolute atomic E-state index is 0.0795. The smallest absolute Gasteiger partial charge is 0.190 e. The van der Waals surface area contributed by atoms with Gasteiger partial charge in [0.2, 0.25) is 0 Å². The van der Waals surface area contributed by atoms with Crippen molar-refractivity contribution in [2.45, 2.75) is 11.2 Å². The standard InChI is InChI=1S/C22H21ClF2N4S/c1-30-22-26-19(23)14-20(27-22)28-10-12-29(13-11-28)21(15-2-6-17(24)7-3-15)16-4-8-18(25)9-5-16/h2-9,14,21H,10-13H2,1H3. The van der Waals surface area contributed by atoms with Gasteiger partial charge < -0.3 is 4.90 Å². The van der Waals surface area contributed by atoms with E-state index < -0.39 is 0 Å². The minimum atomic E-state index is -0.272. The lowest BCUT2D eigenvalue weighted by molar-refractivity contribution is 0.211. The van der Waals surface area contributed by atoms with Crippen LogP contribution >= 0.6 is 23.4 Å². The molecular weight excluding hydrogens is 426 g/mol. The van der Waals surface area contributed by atoms with E-state index in [9.17, 15) is 8.78 Å². The molecule has 0 amide bonds. The summed E-state index contributed by atoms with van der Waals surface area (Å²) in [5.74, 6) is 0.275. The van der Waals surface area contributed by atoms with Crippen LogP contribution in [0.2, 0.25) is 5.15 Å². The molecule has 0 bridgehead atoms. The van der Waals surface area contributed by atoms with Crippen molar-refractivity contribution < 1.29 is 8.78 Å². The van der Waals surface area contributed by atoms with Crippen LogP contribution in [0.3, 0.4) is 0 Å². The van der Waals surface area contributed by atoms with Gasteiger partial charge in [-0.2, -0.15) is 0 Å². The fourth-order valence-corrected chi connectivity index (χ4v) is 4.35. The zero-order valence-electron chi connectivity index (χ0n) is 16.4. The third-order valence-electron chi connectivity index (χ3n) is 5.22. The van der Waals surface area contributed by atoms with E-state index in [0.717, 1.165) is 43.1 Å².